The molecule has 0 saturated heterocycles. The van der Waals surface area contributed by atoms with Gasteiger partial charge in [-0.15, -0.1) is 6.42 Å². The number of hydrogen-bond acceptors (Lipinski definition) is 3. The summed E-state index contributed by atoms with van der Waals surface area (Å²) in [6.07, 6.45) is 7.97. The molecule has 1 atom stereocenters. The predicted octanol–water partition coefficient (Wildman–Crippen LogP) is 6.08. The van der Waals surface area contributed by atoms with Gasteiger partial charge in [0.15, 0.2) is 0 Å². The van der Waals surface area contributed by atoms with Gasteiger partial charge in [0.25, 0.3) is 5.91 Å². The monoisotopic (exact) mass is 478 g/mol. The Morgan fingerprint density at radius 2 is 1.94 bits per heavy atom. The topological polar surface area (TPSA) is 50.4 Å². The van der Waals surface area contributed by atoms with E-state index >= 15 is 0 Å². The van der Waals surface area contributed by atoms with Crippen molar-refractivity contribution in [2.45, 2.75) is 25.3 Å². The summed E-state index contributed by atoms with van der Waals surface area (Å²) in [6, 6.07) is 18.6. The molecule has 1 unspecified atom stereocenters. The van der Waals surface area contributed by atoms with Gasteiger partial charge in [-0.3, -0.25) is 10.1 Å². The van der Waals surface area contributed by atoms with Crippen LogP contribution in [-0.4, -0.2) is 19.1 Å². The van der Waals surface area contributed by atoms with Crippen LogP contribution in [0.3, 0.4) is 0 Å². The van der Waals surface area contributed by atoms with Crippen LogP contribution in [-0.2, 0) is 12.8 Å². The Balaban J connectivity index is 1.39. The van der Waals surface area contributed by atoms with Crippen LogP contribution in [0.1, 0.15) is 39.5 Å². The lowest BCUT2D eigenvalue weighted by Gasteiger charge is -2.14. The number of amides is 1. The van der Waals surface area contributed by atoms with E-state index < -0.39 is 0 Å². The molecule has 4 rings (SSSR count). The molecule has 0 aliphatic heterocycles. The van der Waals surface area contributed by atoms with Gasteiger partial charge in [0.1, 0.15) is 5.75 Å². The summed E-state index contributed by atoms with van der Waals surface area (Å²) in [7, 11) is 0. The van der Waals surface area contributed by atoms with Gasteiger partial charge in [0.2, 0.25) is 0 Å². The van der Waals surface area contributed by atoms with E-state index in [1.54, 1.807) is 36.4 Å². The van der Waals surface area contributed by atoms with E-state index in [0.717, 1.165) is 24.2 Å². The van der Waals surface area contributed by atoms with Gasteiger partial charge in [-0.25, -0.2) is 0 Å². The maximum absolute atomic E-state index is 12.5. The predicted molar refractivity (Wildman–Crippen MR) is 134 cm³/mol. The zero-order chi connectivity index (χ0) is 23.2. The molecule has 168 valence electrons. The number of terminal acetylenes is 1. The molecule has 33 heavy (non-hydrogen) atoms. The molecule has 1 aliphatic rings. The summed E-state index contributed by atoms with van der Waals surface area (Å²) in [5, 5.41) is 7.52. The fourth-order valence-electron chi connectivity index (χ4n) is 4.07. The maximum atomic E-state index is 12.5. The number of carbonyl (C=O) groups is 1. The second-order valence-electron chi connectivity index (χ2n) is 7.87. The number of carbonyl (C=O) groups excluding carboxylic acids is 1. The van der Waals surface area contributed by atoms with Crippen LogP contribution in [0.4, 0.5) is 5.69 Å². The number of fused-ring (bicyclic) bond motifs is 1. The molecule has 0 fully saturated rings. The normalized spacial score (nSPS) is 14.4. The van der Waals surface area contributed by atoms with E-state index in [0.29, 0.717) is 40.9 Å². The van der Waals surface area contributed by atoms with Gasteiger partial charge in [0, 0.05) is 33.8 Å². The number of hydrogen-bond donors (Lipinski definition) is 2. The van der Waals surface area contributed by atoms with Crippen molar-refractivity contribution < 1.29 is 9.53 Å². The Hall–Kier alpha value is -2.97. The smallest absolute Gasteiger partial charge is 0.255 e. The van der Waals surface area contributed by atoms with Crippen molar-refractivity contribution in [3.8, 4) is 18.1 Å². The minimum atomic E-state index is -0.205. The molecule has 0 saturated carbocycles. The third-order valence-electron chi connectivity index (χ3n) is 5.72. The minimum Gasteiger partial charge on any atom is -0.493 e. The van der Waals surface area contributed by atoms with Gasteiger partial charge >= 0.3 is 0 Å². The quantitative estimate of drug-likeness (QED) is 0.385. The summed E-state index contributed by atoms with van der Waals surface area (Å²) in [5.41, 5.74) is 4.62. The summed E-state index contributed by atoms with van der Waals surface area (Å²) in [5.74, 6) is 3.34. The van der Waals surface area contributed by atoms with Gasteiger partial charge in [0.05, 0.1) is 13.2 Å². The number of halogens is 2. The number of nitrogens with one attached hydrogen (secondary N) is 2. The molecule has 0 radical (unpaired) electrons. The molecule has 0 aromatic heterocycles. The summed E-state index contributed by atoms with van der Waals surface area (Å²) >= 11 is 12.3. The van der Waals surface area contributed by atoms with Crippen molar-refractivity contribution in [1.82, 2.24) is 5.32 Å². The van der Waals surface area contributed by atoms with Crippen molar-refractivity contribution in [3.05, 3.63) is 93.0 Å². The molecular formula is C27H24Cl2N2O2. The van der Waals surface area contributed by atoms with Crippen LogP contribution in [0.2, 0.25) is 10.0 Å². The molecule has 3 aromatic carbocycles. The van der Waals surface area contributed by atoms with Crippen molar-refractivity contribution in [3.63, 3.8) is 0 Å². The first-order chi connectivity index (χ1) is 16.0. The molecule has 1 aliphatic carbocycles. The van der Waals surface area contributed by atoms with Crippen molar-refractivity contribution >= 4 is 34.8 Å². The lowest BCUT2D eigenvalue weighted by Crippen LogP contribution is -2.19. The first kappa shape index (κ1) is 23.2. The van der Waals surface area contributed by atoms with Crippen LogP contribution in [0, 0.1) is 12.3 Å². The Kier molecular flexibility index (Phi) is 7.57. The summed E-state index contributed by atoms with van der Waals surface area (Å²) in [4.78, 5) is 12.5. The summed E-state index contributed by atoms with van der Waals surface area (Å²) in [6.45, 7) is 1.03. The average Bonchev–Trinajstić information content (AvgIpc) is 3.24. The van der Waals surface area contributed by atoms with Gasteiger partial charge < -0.3 is 10.1 Å². The number of ether oxygens (including phenoxy) is 1. The van der Waals surface area contributed by atoms with Crippen LogP contribution in [0.15, 0.2) is 60.7 Å². The molecule has 0 bridgehead atoms. The molecule has 3 aromatic rings. The van der Waals surface area contributed by atoms with Crippen molar-refractivity contribution in [2.24, 2.45) is 0 Å². The zero-order valence-corrected chi connectivity index (χ0v) is 19.5. The van der Waals surface area contributed by atoms with Crippen molar-refractivity contribution in [1.29, 1.82) is 0 Å². The SMILES string of the molecule is C#CCNC1CCc2c(OCCc3cc(NC(=O)c4ccc(Cl)cc4)ccc3Cl)cccc21. The Bertz CT molecular complexity index is 1190. The van der Waals surface area contributed by atoms with E-state index in [2.05, 4.69) is 22.6 Å². The maximum Gasteiger partial charge on any atom is 0.255 e. The molecule has 2 N–H and O–H groups in total. The first-order valence-electron chi connectivity index (χ1n) is 10.8. The Morgan fingerprint density at radius 3 is 2.73 bits per heavy atom. The fourth-order valence-corrected chi connectivity index (χ4v) is 4.41. The van der Waals surface area contributed by atoms with Gasteiger partial charge in [-0.05, 0) is 78.1 Å². The Labute approximate surface area is 204 Å². The molecule has 1 amide bonds. The second-order valence-corrected chi connectivity index (χ2v) is 8.71. The fraction of sp³-hybridized carbons (Fsp3) is 0.222. The van der Waals surface area contributed by atoms with Gasteiger partial charge in [-0.2, -0.15) is 0 Å². The summed E-state index contributed by atoms with van der Waals surface area (Å²) < 4.78 is 6.14. The number of benzene rings is 3. The molecule has 4 nitrogen and oxygen atoms in total. The van der Waals surface area contributed by atoms with Crippen LogP contribution in [0.25, 0.3) is 0 Å². The highest BCUT2D eigenvalue weighted by Crippen LogP contribution is 2.37. The highest BCUT2D eigenvalue weighted by Gasteiger charge is 2.24. The molecular weight excluding hydrogens is 455 g/mol. The van der Waals surface area contributed by atoms with Gasteiger partial charge in [-0.1, -0.05) is 41.3 Å². The molecule has 6 heteroatoms. The van der Waals surface area contributed by atoms with E-state index in [1.807, 2.05) is 18.2 Å². The standard InChI is InChI=1S/C27H24Cl2N2O2/c1-2-15-30-25-13-11-23-22(25)4-3-5-26(23)33-16-14-19-17-21(10-12-24(19)29)31-27(32)18-6-8-20(28)9-7-18/h1,3-10,12,17,25,30H,11,13-16H2,(H,31,32). The number of rotatable bonds is 8. The van der Waals surface area contributed by atoms with E-state index in [-0.39, 0.29) is 11.9 Å². The van der Waals surface area contributed by atoms with E-state index in [1.165, 1.54) is 11.1 Å². The largest absolute Gasteiger partial charge is 0.493 e. The van der Waals surface area contributed by atoms with Crippen molar-refractivity contribution in [2.75, 3.05) is 18.5 Å². The highest BCUT2D eigenvalue weighted by molar-refractivity contribution is 6.31. The number of anilines is 1. The van der Waals surface area contributed by atoms with Crippen LogP contribution in [0.5, 0.6) is 5.75 Å². The van der Waals surface area contributed by atoms with E-state index in [4.69, 9.17) is 34.4 Å². The second kappa shape index (κ2) is 10.8. The lowest BCUT2D eigenvalue weighted by atomic mass is 10.1. The van der Waals surface area contributed by atoms with Crippen LogP contribution < -0.4 is 15.4 Å². The zero-order valence-electron chi connectivity index (χ0n) is 18.0. The first-order valence-corrected chi connectivity index (χ1v) is 11.6. The third kappa shape index (κ3) is 5.69. The Morgan fingerprint density at radius 1 is 1.12 bits per heavy atom. The lowest BCUT2D eigenvalue weighted by molar-refractivity contribution is 0.102. The molecule has 0 spiro atoms. The minimum absolute atomic E-state index is 0.205. The molecule has 0 heterocycles. The third-order valence-corrected chi connectivity index (χ3v) is 6.34. The van der Waals surface area contributed by atoms with Crippen LogP contribution >= 0.6 is 23.2 Å². The van der Waals surface area contributed by atoms with E-state index in [9.17, 15) is 4.79 Å². The highest BCUT2D eigenvalue weighted by atomic mass is 35.5. The average molecular weight is 479 g/mol.